The molecule has 0 aromatic rings. The summed E-state index contributed by atoms with van der Waals surface area (Å²) in [5, 5.41) is 0. The second kappa shape index (κ2) is 7.10. The maximum Gasteiger partial charge on any atom is 0.233 e. The summed E-state index contributed by atoms with van der Waals surface area (Å²) in [6.45, 7) is 7.71. The van der Waals surface area contributed by atoms with Crippen molar-refractivity contribution in [3.63, 3.8) is 0 Å². The first-order valence-corrected chi connectivity index (χ1v) is 7.04. The zero-order valence-electron chi connectivity index (χ0n) is 12.0. The normalized spacial score (nSPS) is 26.9. The van der Waals surface area contributed by atoms with Crippen LogP contribution in [0.5, 0.6) is 0 Å². The van der Waals surface area contributed by atoms with Gasteiger partial charge < -0.3 is 4.74 Å². The molecule has 18 heavy (non-hydrogen) atoms. The van der Waals surface area contributed by atoms with Gasteiger partial charge in [0.25, 0.3) is 0 Å². The van der Waals surface area contributed by atoms with Gasteiger partial charge in [-0.2, -0.15) is 0 Å². The number of hydrogen-bond acceptors (Lipinski definition) is 3. The molecule has 1 aliphatic carbocycles. The molecular weight excluding hydrogens is 228 g/mol. The lowest BCUT2D eigenvalue weighted by Gasteiger charge is -2.38. The number of carbonyl (C=O) groups is 1. The summed E-state index contributed by atoms with van der Waals surface area (Å²) in [6.07, 6.45) is 6.28. The third-order valence-electron chi connectivity index (χ3n) is 3.66. The number of hydrazine groups is 1. The number of rotatable bonds is 6. The highest BCUT2D eigenvalue weighted by atomic mass is 16.5. The fraction of sp³-hybridized carbons (Fsp3) is 0.929. The van der Waals surface area contributed by atoms with Gasteiger partial charge in [-0.15, -0.1) is 0 Å². The lowest BCUT2D eigenvalue weighted by atomic mass is 9.71. The number of carbonyl (C=O) groups excluding carboxylic acids is 1. The molecule has 4 heteroatoms. The van der Waals surface area contributed by atoms with Gasteiger partial charge in [-0.25, -0.2) is 5.84 Å². The summed E-state index contributed by atoms with van der Waals surface area (Å²) in [6, 6.07) is 0. The van der Waals surface area contributed by atoms with Gasteiger partial charge in [0.1, 0.15) is 0 Å². The summed E-state index contributed by atoms with van der Waals surface area (Å²) < 4.78 is 5.94. The number of nitrogens with one attached hydrogen (secondary N) is 1. The zero-order chi connectivity index (χ0) is 13.6. The van der Waals surface area contributed by atoms with Crippen LogP contribution in [0.2, 0.25) is 0 Å². The van der Waals surface area contributed by atoms with Gasteiger partial charge in [-0.1, -0.05) is 20.8 Å². The van der Waals surface area contributed by atoms with Crippen LogP contribution in [0.1, 0.15) is 59.3 Å². The van der Waals surface area contributed by atoms with Crippen molar-refractivity contribution in [2.45, 2.75) is 65.4 Å². The molecule has 2 unspecified atom stereocenters. The van der Waals surface area contributed by atoms with Gasteiger partial charge >= 0.3 is 0 Å². The largest absolute Gasteiger partial charge is 0.378 e. The Bertz CT molecular complexity index is 267. The standard InChI is InChI=1S/C14H28N2O2/c1-11-8-12(10-14(2,3)9-11)18-7-5-4-6-13(17)16-15/h11-12H,4-10,15H2,1-3H3,(H,16,17). The quantitative estimate of drug-likeness (QED) is 0.332. The Kier molecular flexibility index (Phi) is 6.09. The molecule has 4 nitrogen and oxygen atoms in total. The summed E-state index contributed by atoms with van der Waals surface area (Å²) in [4.78, 5) is 10.9. The highest BCUT2D eigenvalue weighted by Gasteiger charge is 2.32. The summed E-state index contributed by atoms with van der Waals surface area (Å²) in [7, 11) is 0. The Morgan fingerprint density at radius 2 is 2.11 bits per heavy atom. The molecular formula is C14H28N2O2. The van der Waals surface area contributed by atoms with Crippen LogP contribution in [0.3, 0.4) is 0 Å². The Morgan fingerprint density at radius 1 is 1.39 bits per heavy atom. The van der Waals surface area contributed by atoms with Crippen molar-refractivity contribution in [1.29, 1.82) is 0 Å². The summed E-state index contributed by atoms with van der Waals surface area (Å²) in [5.41, 5.74) is 2.55. The Labute approximate surface area is 111 Å². The van der Waals surface area contributed by atoms with Crippen LogP contribution in [-0.4, -0.2) is 18.6 Å². The second-order valence-electron chi connectivity index (χ2n) is 6.43. The van der Waals surface area contributed by atoms with Gasteiger partial charge in [0, 0.05) is 13.0 Å². The van der Waals surface area contributed by atoms with Crippen molar-refractivity contribution in [2.24, 2.45) is 17.2 Å². The predicted octanol–water partition coefficient (Wildman–Crippen LogP) is 2.38. The van der Waals surface area contributed by atoms with E-state index in [-0.39, 0.29) is 5.91 Å². The molecule has 0 bridgehead atoms. The van der Waals surface area contributed by atoms with Crippen molar-refractivity contribution in [3.05, 3.63) is 0 Å². The van der Waals surface area contributed by atoms with Gasteiger partial charge in [-0.3, -0.25) is 10.2 Å². The molecule has 0 radical (unpaired) electrons. The van der Waals surface area contributed by atoms with Crippen LogP contribution in [-0.2, 0) is 9.53 Å². The number of hydrogen-bond donors (Lipinski definition) is 2. The van der Waals surface area contributed by atoms with Crippen molar-refractivity contribution in [2.75, 3.05) is 6.61 Å². The third kappa shape index (κ3) is 5.83. The molecule has 3 N–H and O–H groups in total. The van der Waals surface area contributed by atoms with Gasteiger partial charge in [-0.05, 0) is 43.4 Å². The van der Waals surface area contributed by atoms with Crippen molar-refractivity contribution in [1.82, 2.24) is 5.43 Å². The lowest BCUT2D eigenvalue weighted by Crippen LogP contribution is -2.32. The van der Waals surface area contributed by atoms with Crippen LogP contribution in [0.4, 0.5) is 0 Å². The SMILES string of the molecule is CC1CC(OCCCCC(=O)NN)CC(C)(C)C1. The smallest absolute Gasteiger partial charge is 0.233 e. The van der Waals surface area contributed by atoms with Crippen LogP contribution in [0.15, 0.2) is 0 Å². The van der Waals surface area contributed by atoms with Crippen molar-refractivity contribution < 1.29 is 9.53 Å². The van der Waals surface area contributed by atoms with Gasteiger partial charge in [0.2, 0.25) is 5.91 Å². The van der Waals surface area contributed by atoms with Crippen LogP contribution >= 0.6 is 0 Å². The molecule has 1 rings (SSSR count). The summed E-state index contributed by atoms with van der Waals surface area (Å²) in [5.74, 6) is 5.67. The molecule has 2 atom stereocenters. The maximum atomic E-state index is 10.9. The molecule has 1 fully saturated rings. The van der Waals surface area contributed by atoms with E-state index in [1.54, 1.807) is 0 Å². The molecule has 0 spiro atoms. The molecule has 106 valence electrons. The zero-order valence-corrected chi connectivity index (χ0v) is 12.0. The van der Waals surface area contributed by atoms with Crippen LogP contribution in [0.25, 0.3) is 0 Å². The molecule has 1 saturated carbocycles. The first-order valence-electron chi connectivity index (χ1n) is 7.04. The number of amides is 1. The van der Waals surface area contributed by atoms with Crippen LogP contribution < -0.4 is 11.3 Å². The maximum absolute atomic E-state index is 10.9. The van der Waals surface area contributed by atoms with E-state index in [0.717, 1.165) is 31.8 Å². The minimum absolute atomic E-state index is 0.0950. The molecule has 0 saturated heterocycles. The predicted molar refractivity (Wildman–Crippen MR) is 72.7 cm³/mol. The van der Waals surface area contributed by atoms with Crippen molar-refractivity contribution in [3.8, 4) is 0 Å². The van der Waals surface area contributed by atoms with E-state index in [2.05, 4.69) is 26.2 Å². The first kappa shape index (κ1) is 15.4. The highest BCUT2D eigenvalue weighted by Crippen LogP contribution is 2.39. The minimum atomic E-state index is -0.0950. The first-order chi connectivity index (χ1) is 8.43. The fourth-order valence-electron chi connectivity index (χ4n) is 3.10. The number of nitrogens with two attached hydrogens (primary N) is 1. The Balaban J connectivity index is 2.13. The van der Waals surface area contributed by atoms with E-state index < -0.39 is 0 Å². The lowest BCUT2D eigenvalue weighted by molar-refractivity contribution is -0.121. The third-order valence-corrected chi connectivity index (χ3v) is 3.66. The average Bonchev–Trinajstić information content (AvgIpc) is 2.25. The summed E-state index contributed by atoms with van der Waals surface area (Å²) >= 11 is 0. The monoisotopic (exact) mass is 256 g/mol. The minimum Gasteiger partial charge on any atom is -0.378 e. The average molecular weight is 256 g/mol. The molecule has 1 amide bonds. The highest BCUT2D eigenvalue weighted by molar-refractivity contribution is 5.74. The van der Waals surface area contributed by atoms with E-state index in [0.29, 0.717) is 17.9 Å². The Hall–Kier alpha value is -0.610. The van der Waals surface area contributed by atoms with E-state index in [1.165, 1.54) is 12.8 Å². The molecule has 0 aromatic heterocycles. The number of ether oxygens (including phenoxy) is 1. The van der Waals surface area contributed by atoms with Gasteiger partial charge in [0.05, 0.1) is 6.10 Å². The van der Waals surface area contributed by atoms with Crippen molar-refractivity contribution >= 4 is 5.91 Å². The Morgan fingerprint density at radius 3 is 2.72 bits per heavy atom. The molecule has 0 heterocycles. The fourth-order valence-corrected chi connectivity index (χ4v) is 3.10. The topological polar surface area (TPSA) is 64.3 Å². The molecule has 0 aromatic carbocycles. The van der Waals surface area contributed by atoms with E-state index in [1.807, 2.05) is 0 Å². The van der Waals surface area contributed by atoms with E-state index in [9.17, 15) is 4.79 Å². The molecule has 1 aliphatic rings. The molecule has 0 aliphatic heterocycles. The van der Waals surface area contributed by atoms with Crippen LogP contribution in [0, 0.1) is 11.3 Å². The van der Waals surface area contributed by atoms with Gasteiger partial charge in [0.15, 0.2) is 0 Å². The number of unbranched alkanes of at least 4 members (excludes halogenated alkanes) is 1. The van der Waals surface area contributed by atoms with E-state index in [4.69, 9.17) is 10.6 Å². The van der Waals surface area contributed by atoms with E-state index >= 15 is 0 Å². The second-order valence-corrected chi connectivity index (χ2v) is 6.43.